The molecule has 1 aromatic rings. The molecule has 0 saturated carbocycles. The van der Waals surface area contributed by atoms with Gasteiger partial charge in [0.2, 0.25) is 0 Å². The Hall–Kier alpha value is -0.360. The topological polar surface area (TPSA) is 43.8 Å². The van der Waals surface area contributed by atoms with Gasteiger partial charge in [-0.1, -0.05) is 6.58 Å². The van der Waals surface area contributed by atoms with Gasteiger partial charge in [-0.3, -0.25) is 4.68 Å². The standard InChI is InChI=1S/C7H10IN3/c1-6(2-9)4-11-5-7(8)3-10-11/h3,5H,1-2,4,9H2. The summed E-state index contributed by atoms with van der Waals surface area (Å²) in [6.07, 6.45) is 3.77. The molecular weight excluding hydrogens is 253 g/mol. The molecule has 0 amide bonds. The van der Waals surface area contributed by atoms with Crippen LogP contribution in [-0.2, 0) is 6.54 Å². The van der Waals surface area contributed by atoms with Crippen LogP contribution in [-0.4, -0.2) is 16.3 Å². The number of hydrogen-bond acceptors (Lipinski definition) is 2. The van der Waals surface area contributed by atoms with Crippen molar-refractivity contribution in [1.82, 2.24) is 9.78 Å². The van der Waals surface area contributed by atoms with Gasteiger partial charge in [-0.15, -0.1) is 0 Å². The van der Waals surface area contributed by atoms with E-state index in [0.717, 1.165) is 15.7 Å². The molecule has 0 radical (unpaired) electrons. The van der Waals surface area contributed by atoms with Gasteiger partial charge in [0, 0.05) is 12.7 Å². The van der Waals surface area contributed by atoms with Crippen molar-refractivity contribution in [2.45, 2.75) is 6.54 Å². The maximum atomic E-state index is 5.38. The Bertz CT molecular complexity index is 254. The highest BCUT2D eigenvalue weighted by Crippen LogP contribution is 2.02. The first kappa shape index (κ1) is 8.73. The molecule has 4 heteroatoms. The van der Waals surface area contributed by atoms with E-state index in [0.29, 0.717) is 6.54 Å². The average Bonchev–Trinajstić information content (AvgIpc) is 2.35. The molecule has 0 bridgehead atoms. The molecule has 0 aliphatic rings. The monoisotopic (exact) mass is 263 g/mol. The van der Waals surface area contributed by atoms with Crippen LogP contribution in [0, 0.1) is 3.57 Å². The zero-order valence-electron chi connectivity index (χ0n) is 6.13. The van der Waals surface area contributed by atoms with Gasteiger partial charge < -0.3 is 5.73 Å². The summed E-state index contributed by atoms with van der Waals surface area (Å²) in [6, 6.07) is 0. The minimum absolute atomic E-state index is 0.524. The zero-order valence-corrected chi connectivity index (χ0v) is 8.28. The van der Waals surface area contributed by atoms with Gasteiger partial charge in [-0.05, 0) is 28.2 Å². The van der Waals surface area contributed by atoms with E-state index in [1.54, 1.807) is 0 Å². The van der Waals surface area contributed by atoms with Crippen LogP contribution in [0.5, 0.6) is 0 Å². The van der Waals surface area contributed by atoms with Crippen LogP contribution in [0.4, 0.5) is 0 Å². The van der Waals surface area contributed by atoms with E-state index >= 15 is 0 Å². The van der Waals surface area contributed by atoms with Gasteiger partial charge in [0.05, 0.1) is 16.3 Å². The van der Waals surface area contributed by atoms with Crippen LogP contribution >= 0.6 is 22.6 Å². The van der Waals surface area contributed by atoms with Crippen molar-refractivity contribution in [2.24, 2.45) is 5.73 Å². The molecule has 60 valence electrons. The van der Waals surface area contributed by atoms with Gasteiger partial charge in [-0.2, -0.15) is 5.10 Å². The number of rotatable bonds is 3. The molecule has 3 nitrogen and oxygen atoms in total. The molecule has 0 atom stereocenters. The number of nitrogens with zero attached hydrogens (tertiary/aromatic N) is 2. The molecule has 0 unspecified atom stereocenters. The van der Waals surface area contributed by atoms with Crippen molar-refractivity contribution in [2.75, 3.05) is 6.54 Å². The molecule has 2 N–H and O–H groups in total. The van der Waals surface area contributed by atoms with Crippen molar-refractivity contribution in [3.63, 3.8) is 0 Å². The van der Waals surface area contributed by atoms with Crippen molar-refractivity contribution in [1.29, 1.82) is 0 Å². The van der Waals surface area contributed by atoms with Crippen LogP contribution in [0.1, 0.15) is 0 Å². The maximum Gasteiger partial charge on any atom is 0.0629 e. The highest BCUT2D eigenvalue weighted by atomic mass is 127. The molecule has 1 heterocycles. The molecule has 0 aliphatic heterocycles. The molecule has 0 aliphatic carbocycles. The SMILES string of the molecule is C=C(CN)Cn1cc(I)cn1. The van der Waals surface area contributed by atoms with Gasteiger partial charge in [0.15, 0.2) is 0 Å². The minimum atomic E-state index is 0.524. The van der Waals surface area contributed by atoms with Crippen molar-refractivity contribution in [3.8, 4) is 0 Å². The van der Waals surface area contributed by atoms with Gasteiger partial charge in [0.1, 0.15) is 0 Å². The van der Waals surface area contributed by atoms with Crippen LogP contribution in [0.2, 0.25) is 0 Å². The van der Waals surface area contributed by atoms with E-state index in [9.17, 15) is 0 Å². The smallest absolute Gasteiger partial charge is 0.0629 e. The highest BCUT2D eigenvalue weighted by Gasteiger charge is 1.95. The first-order valence-electron chi connectivity index (χ1n) is 3.27. The zero-order chi connectivity index (χ0) is 8.27. The molecule has 1 aromatic heterocycles. The number of nitrogens with two attached hydrogens (primary N) is 1. The fraction of sp³-hybridized carbons (Fsp3) is 0.286. The fourth-order valence-electron chi connectivity index (χ4n) is 0.718. The number of hydrogen-bond donors (Lipinski definition) is 1. The quantitative estimate of drug-likeness (QED) is 0.653. The lowest BCUT2D eigenvalue weighted by molar-refractivity contribution is 0.670. The first-order valence-corrected chi connectivity index (χ1v) is 4.35. The molecule has 11 heavy (non-hydrogen) atoms. The van der Waals surface area contributed by atoms with E-state index in [2.05, 4.69) is 34.3 Å². The van der Waals surface area contributed by atoms with Crippen LogP contribution in [0.3, 0.4) is 0 Å². The van der Waals surface area contributed by atoms with Crippen LogP contribution in [0.15, 0.2) is 24.5 Å². The summed E-state index contributed by atoms with van der Waals surface area (Å²) in [5.41, 5.74) is 6.37. The Morgan fingerprint density at radius 3 is 3.00 bits per heavy atom. The Kier molecular flexibility index (Phi) is 3.07. The fourth-order valence-corrected chi connectivity index (χ4v) is 1.16. The number of aromatic nitrogens is 2. The van der Waals surface area contributed by atoms with Gasteiger partial charge in [0.25, 0.3) is 0 Å². The van der Waals surface area contributed by atoms with Crippen LogP contribution < -0.4 is 5.73 Å². The summed E-state index contributed by atoms with van der Waals surface area (Å²) in [4.78, 5) is 0. The Morgan fingerprint density at radius 2 is 2.55 bits per heavy atom. The van der Waals surface area contributed by atoms with Crippen molar-refractivity contribution < 1.29 is 0 Å². The second-order valence-corrected chi connectivity index (χ2v) is 3.56. The van der Waals surface area contributed by atoms with Crippen LogP contribution in [0.25, 0.3) is 0 Å². The maximum absolute atomic E-state index is 5.38. The minimum Gasteiger partial charge on any atom is -0.327 e. The Morgan fingerprint density at radius 1 is 1.82 bits per heavy atom. The molecule has 0 saturated heterocycles. The van der Waals surface area contributed by atoms with Crippen molar-refractivity contribution in [3.05, 3.63) is 28.1 Å². The van der Waals surface area contributed by atoms with Gasteiger partial charge in [-0.25, -0.2) is 0 Å². The van der Waals surface area contributed by atoms with E-state index in [1.807, 2.05) is 17.1 Å². The van der Waals surface area contributed by atoms with Gasteiger partial charge >= 0.3 is 0 Å². The van der Waals surface area contributed by atoms with E-state index in [4.69, 9.17) is 5.73 Å². The summed E-state index contributed by atoms with van der Waals surface area (Å²) in [6.45, 7) is 5.04. The summed E-state index contributed by atoms with van der Waals surface area (Å²) >= 11 is 2.22. The third kappa shape index (κ3) is 2.63. The first-order chi connectivity index (χ1) is 5.22. The largest absolute Gasteiger partial charge is 0.327 e. The average molecular weight is 263 g/mol. The third-order valence-corrected chi connectivity index (χ3v) is 1.83. The highest BCUT2D eigenvalue weighted by molar-refractivity contribution is 14.1. The molecule has 1 rings (SSSR count). The third-order valence-electron chi connectivity index (χ3n) is 1.28. The lowest BCUT2D eigenvalue weighted by Gasteiger charge is -2.00. The molecule has 0 fully saturated rings. The Labute approximate surface area is 79.4 Å². The second kappa shape index (κ2) is 3.87. The van der Waals surface area contributed by atoms with E-state index in [-0.39, 0.29) is 0 Å². The molecule has 0 aromatic carbocycles. The predicted molar refractivity (Wildman–Crippen MR) is 53.1 cm³/mol. The lowest BCUT2D eigenvalue weighted by atomic mass is 10.3. The molecular formula is C7H10IN3. The Balaban J connectivity index is 2.57. The second-order valence-electron chi connectivity index (χ2n) is 2.31. The van der Waals surface area contributed by atoms with Crippen molar-refractivity contribution >= 4 is 22.6 Å². The summed E-state index contributed by atoms with van der Waals surface area (Å²) in [5.74, 6) is 0. The van der Waals surface area contributed by atoms with E-state index in [1.165, 1.54) is 0 Å². The normalized spacial score (nSPS) is 10.0. The summed E-state index contributed by atoms with van der Waals surface area (Å²) < 4.78 is 2.96. The lowest BCUT2D eigenvalue weighted by Crippen LogP contribution is -2.09. The summed E-state index contributed by atoms with van der Waals surface area (Å²) in [5, 5.41) is 4.10. The number of halogens is 1. The molecule has 0 spiro atoms. The predicted octanol–water partition coefficient (Wildman–Crippen LogP) is 1.00. The summed E-state index contributed by atoms with van der Waals surface area (Å²) in [7, 11) is 0. The van der Waals surface area contributed by atoms with E-state index < -0.39 is 0 Å².